The van der Waals surface area contributed by atoms with Gasteiger partial charge in [-0.2, -0.15) is 0 Å². The van der Waals surface area contributed by atoms with Gasteiger partial charge in [-0.3, -0.25) is 4.79 Å². The molecule has 0 aliphatic carbocycles. The molecule has 0 spiro atoms. The van der Waals surface area contributed by atoms with Gasteiger partial charge >= 0.3 is 0 Å². The zero-order chi connectivity index (χ0) is 12.2. The summed E-state index contributed by atoms with van der Waals surface area (Å²) in [6, 6.07) is 0. The van der Waals surface area contributed by atoms with Gasteiger partial charge in [0.05, 0.1) is 4.91 Å². The standard InChI is InChI=1S/C9H13NO3S2/c1-6(7(2)11)5-9(8(3)14-4)15(10,12)13/h5H,1,3H2,2,4H3,(H2,10,12,13). The van der Waals surface area contributed by atoms with Gasteiger partial charge in [0.2, 0.25) is 10.0 Å². The van der Waals surface area contributed by atoms with Crippen molar-refractivity contribution in [3.63, 3.8) is 0 Å². The fourth-order valence-corrected chi connectivity index (χ4v) is 2.16. The molecule has 0 rings (SSSR count). The predicted octanol–water partition coefficient (Wildman–Crippen LogP) is 1.18. The topological polar surface area (TPSA) is 77.2 Å². The van der Waals surface area contributed by atoms with Crippen LogP contribution in [0.5, 0.6) is 0 Å². The van der Waals surface area contributed by atoms with Crippen LogP contribution in [0.25, 0.3) is 0 Å². The van der Waals surface area contributed by atoms with E-state index in [4.69, 9.17) is 5.14 Å². The van der Waals surface area contributed by atoms with Crippen molar-refractivity contribution in [1.82, 2.24) is 0 Å². The Hall–Kier alpha value is -0.850. The summed E-state index contributed by atoms with van der Waals surface area (Å²) in [6.45, 7) is 8.26. The number of ketones is 1. The van der Waals surface area contributed by atoms with Crippen LogP contribution < -0.4 is 5.14 Å². The second-order valence-corrected chi connectivity index (χ2v) is 5.19. The summed E-state index contributed by atoms with van der Waals surface area (Å²) in [6.07, 6.45) is 2.80. The Morgan fingerprint density at radius 1 is 1.40 bits per heavy atom. The van der Waals surface area contributed by atoms with E-state index in [1.807, 2.05) is 0 Å². The van der Waals surface area contributed by atoms with Crippen LogP contribution in [0.2, 0.25) is 0 Å². The average Bonchev–Trinajstić information content (AvgIpc) is 2.10. The fourth-order valence-electron chi connectivity index (χ4n) is 0.682. The summed E-state index contributed by atoms with van der Waals surface area (Å²) in [7, 11) is -3.88. The Kier molecular flexibility index (Phi) is 4.99. The molecule has 0 aliphatic heterocycles. The van der Waals surface area contributed by atoms with Crippen LogP contribution in [0, 0.1) is 0 Å². The van der Waals surface area contributed by atoms with Crippen molar-refractivity contribution in [3.8, 4) is 0 Å². The van der Waals surface area contributed by atoms with Crippen LogP contribution in [0.15, 0.2) is 34.6 Å². The summed E-state index contributed by atoms with van der Waals surface area (Å²) in [5, 5.41) is 4.98. The molecule has 0 fully saturated rings. The van der Waals surface area contributed by atoms with E-state index in [0.717, 1.165) is 17.8 Å². The molecule has 0 aromatic rings. The van der Waals surface area contributed by atoms with E-state index in [1.165, 1.54) is 6.92 Å². The van der Waals surface area contributed by atoms with Crippen LogP contribution in [0.1, 0.15) is 6.92 Å². The summed E-state index contributed by atoms with van der Waals surface area (Å²) >= 11 is 1.14. The Bertz CT molecular complexity index is 432. The van der Waals surface area contributed by atoms with Crippen LogP contribution in [0.4, 0.5) is 0 Å². The third kappa shape index (κ3) is 4.46. The first kappa shape index (κ1) is 14.2. The monoisotopic (exact) mass is 247 g/mol. The Labute approximate surface area is 94.0 Å². The molecular formula is C9H13NO3S2. The number of allylic oxidation sites excluding steroid dienone is 2. The zero-order valence-electron chi connectivity index (χ0n) is 8.61. The van der Waals surface area contributed by atoms with E-state index >= 15 is 0 Å². The lowest BCUT2D eigenvalue weighted by molar-refractivity contribution is -0.113. The minimum Gasteiger partial charge on any atom is -0.295 e. The average molecular weight is 247 g/mol. The maximum atomic E-state index is 11.2. The van der Waals surface area contributed by atoms with Crippen molar-refractivity contribution in [2.75, 3.05) is 6.26 Å². The molecule has 0 aromatic carbocycles. The second kappa shape index (κ2) is 5.29. The van der Waals surface area contributed by atoms with Gasteiger partial charge in [-0.1, -0.05) is 13.2 Å². The highest BCUT2D eigenvalue weighted by Crippen LogP contribution is 2.23. The van der Waals surface area contributed by atoms with Crippen LogP contribution in [0.3, 0.4) is 0 Å². The number of Topliss-reactive ketones (excluding diaryl/α,β-unsaturated/α-hetero) is 1. The van der Waals surface area contributed by atoms with E-state index in [1.54, 1.807) is 6.26 Å². The molecule has 0 heterocycles. The number of sulfonamides is 1. The molecule has 0 amide bonds. The first-order chi connectivity index (χ1) is 6.70. The molecule has 0 saturated carbocycles. The molecule has 4 nitrogen and oxygen atoms in total. The van der Waals surface area contributed by atoms with Gasteiger partial charge in [-0.05, 0) is 19.3 Å². The minimum atomic E-state index is -3.88. The van der Waals surface area contributed by atoms with Crippen LogP contribution in [-0.4, -0.2) is 20.5 Å². The SMILES string of the molecule is C=C(C=C(C(=C)SC)S(N)(=O)=O)C(C)=O. The molecule has 0 saturated heterocycles. The van der Waals surface area contributed by atoms with Crippen molar-refractivity contribution in [3.05, 3.63) is 34.6 Å². The summed E-state index contributed by atoms with van der Waals surface area (Å²) < 4.78 is 22.3. The number of primary sulfonamides is 1. The number of rotatable bonds is 5. The van der Waals surface area contributed by atoms with Gasteiger partial charge in [0.1, 0.15) is 0 Å². The first-order valence-corrected chi connectivity index (χ1v) is 6.65. The van der Waals surface area contributed by atoms with Crippen molar-refractivity contribution in [1.29, 1.82) is 0 Å². The number of thioether (sulfide) groups is 1. The molecule has 0 aliphatic rings. The van der Waals surface area contributed by atoms with Crippen LogP contribution in [-0.2, 0) is 14.8 Å². The highest BCUT2D eigenvalue weighted by atomic mass is 32.2. The zero-order valence-corrected chi connectivity index (χ0v) is 10.2. The molecular weight excluding hydrogens is 234 g/mol. The molecule has 0 aromatic heterocycles. The third-order valence-electron chi connectivity index (χ3n) is 1.59. The Morgan fingerprint density at radius 3 is 2.13 bits per heavy atom. The molecule has 0 bridgehead atoms. The minimum absolute atomic E-state index is 0.0780. The Balaban J connectivity index is 5.42. The molecule has 6 heteroatoms. The molecule has 15 heavy (non-hydrogen) atoms. The predicted molar refractivity (Wildman–Crippen MR) is 63.7 cm³/mol. The lowest BCUT2D eigenvalue weighted by atomic mass is 10.2. The van der Waals surface area contributed by atoms with Crippen molar-refractivity contribution in [2.24, 2.45) is 5.14 Å². The number of carbonyl (C=O) groups is 1. The van der Waals surface area contributed by atoms with Crippen molar-refractivity contribution >= 4 is 27.6 Å². The van der Waals surface area contributed by atoms with Crippen molar-refractivity contribution in [2.45, 2.75) is 6.92 Å². The van der Waals surface area contributed by atoms with Crippen molar-refractivity contribution < 1.29 is 13.2 Å². The molecule has 0 radical (unpaired) electrons. The van der Waals surface area contributed by atoms with E-state index in [-0.39, 0.29) is 21.2 Å². The molecule has 84 valence electrons. The highest BCUT2D eigenvalue weighted by Gasteiger charge is 2.16. The molecule has 2 N–H and O–H groups in total. The molecule has 0 unspecified atom stereocenters. The number of nitrogens with two attached hydrogens (primary N) is 1. The van der Waals surface area contributed by atoms with Gasteiger partial charge in [0.15, 0.2) is 5.78 Å². The van der Waals surface area contributed by atoms with E-state index in [2.05, 4.69) is 13.2 Å². The summed E-state index contributed by atoms with van der Waals surface area (Å²) in [4.78, 5) is 11.0. The lowest BCUT2D eigenvalue weighted by Gasteiger charge is -2.06. The highest BCUT2D eigenvalue weighted by molar-refractivity contribution is 8.04. The fraction of sp³-hybridized carbons (Fsp3) is 0.222. The second-order valence-electron chi connectivity index (χ2n) is 2.76. The number of hydrogen-bond donors (Lipinski definition) is 1. The lowest BCUT2D eigenvalue weighted by Crippen LogP contribution is -2.15. The third-order valence-corrected chi connectivity index (χ3v) is 3.40. The van der Waals surface area contributed by atoms with Gasteiger partial charge in [0, 0.05) is 10.5 Å². The smallest absolute Gasteiger partial charge is 0.239 e. The van der Waals surface area contributed by atoms with Gasteiger partial charge < -0.3 is 0 Å². The summed E-state index contributed by atoms with van der Waals surface area (Å²) in [5.74, 6) is -0.315. The number of carbonyl (C=O) groups excluding carboxylic acids is 1. The quantitative estimate of drug-likeness (QED) is 0.584. The van der Waals surface area contributed by atoms with Gasteiger partial charge in [0.25, 0.3) is 0 Å². The first-order valence-electron chi connectivity index (χ1n) is 3.87. The van der Waals surface area contributed by atoms with Gasteiger partial charge in [-0.15, -0.1) is 11.8 Å². The van der Waals surface area contributed by atoms with E-state index < -0.39 is 10.0 Å². The summed E-state index contributed by atoms with van der Waals surface area (Å²) in [5.41, 5.74) is 0.0780. The van der Waals surface area contributed by atoms with Gasteiger partial charge in [-0.25, -0.2) is 13.6 Å². The maximum absolute atomic E-state index is 11.2. The maximum Gasteiger partial charge on any atom is 0.239 e. The number of hydrogen-bond acceptors (Lipinski definition) is 4. The largest absolute Gasteiger partial charge is 0.295 e. The van der Waals surface area contributed by atoms with Crippen LogP contribution >= 0.6 is 11.8 Å². The normalized spacial score (nSPS) is 12.3. The van der Waals surface area contributed by atoms with E-state index in [0.29, 0.717) is 0 Å². The molecule has 0 atom stereocenters. The van der Waals surface area contributed by atoms with E-state index in [9.17, 15) is 13.2 Å². The Morgan fingerprint density at radius 2 is 1.87 bits per heavy atom.